The van der Waals surface area contributed by atoms with Crippen LogP contribution in [0.4, 0.5) is 74.6 Å². The minimum atomic E-state index is -8.71. The molecule has 0 saturated heterocycles. The van der Waals surface area contributed by atoms with Crippen molar-refractivity contribution in [2.24, 2.45) is 5.73 Å². The summed E-state index contributed by atoms with van der Waals surface area (Å²) in [6, 6.07) is 0. The van der Waals surface area contributed by atoms with Crippen molar-refractivity contribution < 1.29 is 98.4 Å². The average molecular weight is 710 g/mol. The molecule has 0 aliphatic rings. The van der Waals surface area contributed by atoms with Crippen LogP contribution in [-0.4, -0.2) is 131 Å². The molecule has 0 aliphatic heterocycles. The maximum atomic E-state index is 14.2. The fourth-order valence-electron chi connectivity index (χ4n) is 2.98. The van der Waals surface area contributed by atoms with E-state index >= 15 is 0 Å². The lowest BCUT2D eigenvalue weighted by molar-refractivity contribution is -0.461. The fraction of sp³-hybridized carbons (Fsp3) is 0.952. The molecule has 2 N–H and O–H groups in total. The molecule has 0 heterocycles. The minimum Gasteiger partial charge on any atom is -0.382 e. The van der Waals surface area contributed by atoms with Gasteiger partial charge in [-0.25, -0.2) is 0 Å². The Morgan fingerprint density at radius 1 is 0.556 bits per heavy atom. The van der Waals surface area contributed by atoms with Crippen LogP contribution in [0, 0.1) is 0 Å². The quantitative estimate of drug-likeness (QED) is 0.128. The molecule has 0 aliphatic carbocycles. The average Bonchev–Trinajstić information content (AvgIpc) is 2.90. The summed E-state index contributed by atoms with van der Waals surface area (Å²) in [5.41, 5.74) is 5.10. The van der Waals surface area contributed by atoms with Crippen LogP contribution >= 0.6 is 0 Å². The van der Waals surface area contributed by atoms with Crippen molar-refractivity contribution in [3.8, 4) is 0 Å². The van der Waals surface area contributed by atoms with E-state index in [-0.39, 0.29) is 37.9 Å². The highest BCUT2D eigenvalue weighted by Gasteiger charge is 2.95. The SMILES string of the molecule is COCCOCCOCCOCC(=O)N(CCN)CCC(F)(F)C(F)(F)C(F)(F)C(F)(F)C(F)(F)C(F)(F)C(F)(F)C(F)(F)F. The molecule has 0 aromatic heterocycles. The maximum Gasteiger partial charge on any atom is 0.460 e. The summed E-state index contributed by atoms with van der Waals surface area (Å²) in [6.07, 6.45) is -10.6. The lowest BCUT2D eigenvalue weighted by Crippen LogP contribution is -2.74. The molecule has 270 valence electrons. The van der Waals surface area contributed by atoms with Gasteiger partial charge in [-0.2, -0.15) is 74.6 Å². The number of methoxy groups -OCH3 is 1. The first kappa shape index (κ1) is 43.1. The summed E-state index contributed by atoms with van der Waals surface area (Å²) >= 11 is 0. The highest BCUT2D eigenvalue weighted by molar-refractivity contribution is 5.77. The Balaban J connectivity index is 5.65. The third kappa shape index (κ3) is 9.12. The monoisotopic (exact) mass is 710 g/mol. The number of rotatable bonds is 22. The van der Waals surface area contributed by atoms with Crippen LogP contribution in [0.25, 0.3) is 0 Å². The number of carbonyl (C=O) groups excluding carboxylic acids is 1. The number of hydrogen-bond acceptors (Lipinski definition) is 6. The Labute approximate surface area is 243 Å². The van der Waals surface area contributed by atoms with E-state index in [1.165, 1.54) is 7.11 Å². The van der Waals surface area contributed by atoms with E-state index in [9.17, 15) is 79.4 Å². The Bertz CT molecular complexity index is 919. The topological polar surface area (TPSA) is 83.2 Å². The molecule has 1 amide bonds. The van der Waals surface area contributed by atoms with Crippen molar-refractivity contribution in [1.29, 1.82) is 0 Å². The molecule has 0 radical (unpaired) electrons. The van der Waals surface area contributed by atoms with Crippen LogP contribution in [0.5, 0.6) is 0 Å². The molecule has 0 spiro atoms. The van der Waals surface area contributed by atoms with E-state index in [1.54, 1.807) is 0 Å². The molecule has 0 rings (SSSR count). The second kappa shape index (κ2) is 15.8. The molecule has 45 heavy (non-hydrogen) atoms. The van der Waals surface area contributed by atoms with Gasteiger partial charge in [-0.3, -0.25) is 4.79 Å². The number of carbonyl (C=O) groups is 1. The van der Waals surface area contributed by atoms with Crippen LogP contribution in [0.3, 0.4) is 0 Å². The van der Waals surface area contributed by atoms with E-state index in [0.29, 0.717) is 6.61 Å². The van der Waals surface area contributed by atoms with E-state index < -0.39 is 86.2 Å². The van der Waals surface area contributed by atoms with Crippen LogP contribution < -0.4 is 5.73 Å². The molecule has 0 aromatic rings. The zero-order chi connectivity index (χ0) is 35.8. The van der Waals surface area contributed by atoms with E-state index in [0.717, 1.165) is 0 Å². The van der Waals surface area contributed by atoms with Gasteiger partial charge in [0.25, 0.3) is 0 Å². The molecular weight excluding hydrogens is 683 g/mol. The molecular formula is C21H27F17N2O5. The predicted molar refractivity (Wildman–Crippen MR) is 115 cm³/mol. The van der Waals surface area contributed by atoms with Crippen LogP contribution in [0.2, 0.25) is 0 Å². The number of nitrogens with two attached hydrogens (primary N) is 1. The van der Waals surface area contributed by atoms with Crippen molar-refractivity contribution in [2.75, 3.05) is 73.0 Å². The smallest absolute Gasteiger partial charge is 0.382 e. The lowest BCUT2D eigenvalue weighted by Gasteiger charge is -2.43. The molecule has 0 atom stereocenters. The predicted octanol–water partition coefficient (Wildman–Crippen LogP) is 4.87. The summed E-state index contributed by atoms with van der Waals surface area (Å²) in [5, 5.41) is 0. The third-order valence-electron chi connectivity index (χ3n) is 5.64. The lowest BCUT2D eigenvalue weighted by atomic mass is 9.88. The van der Waals surface area contributed by atoms with Gasteiger partial charge in [0.2, 0.25) is 5.91 Å². The summed E-state index contributed by atoms with van der Waals surface area (Å²) in [5.74, 6) is -58.4. The molecule has 0 bridgehead atoms. The Kier molecular flexibility index (Phi) is 15.1. The number of hydrogen-bond donors (Lipinski definition) is 1. The van der Waals surface area contributed by atoms with Crippen LogP contribution in [0.15, 0.2) is 0 Å². The van der Waals surface area contributed by atoms with Gasteiger partial charge >= 0.3 is 47.6 Å². The zero-order valence-electron chi connectivity index (χ0n) is 22.8. The van der Waals surface area contributed by atoms with E-state index in [2.05, 4.69) is 0 Å². The normalized spacial score (nSPS) is 14.6. The summed E-state index contributed by atoms with van der Waals surface area (Å²) < 4.78 is 247. The highest BCUT2D eigenvalue weighted by Crippen LogP contribution is 2.64. The fourth-order valence-corrected chi connectivity index (χ4v) is 2.98. The van der Waals surface area contributed by atoms with Gasteiger partial charge in [-0.1, -0.05) is 0 Å². The second-order valence-corrected chi connectivity index (χ2v) is 8.84. The van der Waals surface area contributed by atoms with Crippen molar-refractivity contribution in [1.82, 2.24) is 4.90 Å². The number of nitrogens with zero attached hydrogens (tertiary/aromatic N) is 1. The van der Waals surface area contributed by atoms with Gasteiger partial charge in [0, 0.05) is 33.2 Å². The van der Waals surface area contributed by atoms with Crippen molar-refractivity contribution >= 4 is 5.91 Å². The standard InChI is InChI=1S/C21H27F17N2O5/c1-42-6-7-43-8-9-44-10-11-45-12-13(41)40(5-3-39)4-2-14(22,23)15(24,25)16(26,27)17(28,29)18(30,31)19(32,33)20(34,35)21(36,37)38/h2-12,39H2,1H3. The summed E-state index contributed by atoms with van der Waals surface area (Å²) in [6.45, 7) is -4.02. The molecule has 7 nitrogen and oxygen atoms in total. The van der Waals surface area contributed by atoms with Crippen LogP contribution in [0.1, 0.15) is 6.42 Å². The molecule has 0 fully saturated rings. The van der Waals surface area contributed by atoms with Crippen LogP contribution in [-0.2, 0) is 23.7 Å². The highest BCUT2D eigenvalue weighted by atomic mass is 19.4. The van der Waals surface area contributed by atoms with Gasteiger partial charge in [-0.05, 0) is 0 Å². The number of halogens is 17. The van der Waals surface area contributed by atoms with Crippen molar-refractivity contribution in [3.63, 3.8) is 0 Å². The second-order valence-electron chi connectivity index (χ2n) is 8.84. The Morgan fingerprint density at radius 2 is 0.933 bits per heavy atom. The van der Waals surface area contributed by atoms with Gasteiger partial charge in [0.1, 0.15) is 6.61 Å². The first-order valence-corrected chi connectivity index (χ1v) is 12.1. The number of alkyl halides is 17. The summed E-state index contributed by atoms with van der Waals surface area (Å²) in [4.78, 5) is 12.3. The summed E-state index contributed by atoms with van der Waals surface area (Å²) in [7, 11) is 1.42. The van der Waals surface area contributed by atoms with Gasteiger partial charge in [0.05, 0.1) is 39.6 Å². The van der Waals surface area contributed by atoms with E-state index in [4.69, 9.17) is 24.7 Å². The van der Waals surface area contributed by atoms with Gasteiger partial charge < -0.3 is 29.6 Å². The molecule has 0 aromatic carbocycles. The number of amides is 1. The van der Waals surface area contributed by atoms with Crippen molar-refractivity contribution in [3.05, 3.63) is 0 Å². The van der Waals surface area contributed by atoms with E-state index in [1.807, 2.05) is 0 Å². The maximum absolute atomic E-state index is 14.2. The molecule has 24 heteroatoms. The first-order valence-electron chi connectivity index (χ1n) is 12.1. The Hall–Kier alpha value is -1.92. The van der Waals surface area contributed by atoms with Gasteiger partial charge in [-0.15, -0.1) is 0 Å². The minimum absolute atomic E-state index is 0.0433. The van der Waals surface area contributed by atoms with Gasteiger partial charge in [0.15, 0.2) is 0 Å². The Morgan fingerprint density at radius 3 is 1.33 bits per heavy atom. The first-order chi connectivity index (χ1) is 20.2. The van der Waals surface area contributed by atoms with Crippen molar-refractivity contribution in [2.45, 2.75) is 54.1 Å². The largest absolute Gasteiger partial charge is 0.460 e. The zero-order valence-corrected chi connectivity index (χ0v) is 22.8. The third-order valence-corrected chi connectivity index (χ3v) is 5.64. The molecule has 0 saturated carbocycles. The number of ether oxygens (including phenoxy) is 4. The molecule has 0 unspecified atom stereocenters.